The number of hydrogen-bond acceptors (Lipinski definition) is 15. The quantitative estimate of drug-likeness (QED) is 0.0780. The molecule has 0 aromatic carbocycles. The number of nitrogens with one attached hydrogen (secondary N) is 1. The van der Waals surface area contributed by atoms with Gasteiger partial charge in [-0.05, 0) is 53.4 Å². The van der Waals surface area contributed by atoms with E-state index >= 15 is 0 Å². The summed E-state index contributed by atoms with van der Waals surface area (Å²) >= 11 is 0. The predicted molar refractivity (Wildman–Crippen MR) is 195 cm³/mol. The van der Waals surface area contributed by atoms with Crippen molar-refractivity contribution in [2.24, 2.45) is 11.5 Å². The number of amides is 9. The normalized spacial score (nSPS) is 14.1. The highest BCUT2D eigenvalue weighted by molar-refractivity contribution is 6.21. The number of ether oxygens (including phenoxy) is 4. The first-order chi connectivity index (χ1) is 27.0. The van der Waals surface area contributed by atoms with Crippen LogP contribution in [0.15, 0.2) is 36.5 Å². The molecule has 0 aromatic rings. The van der Waals surface area contributed by atoms with Crippen LogP contribution in [-0.2, 0) is 57.3 Å². The predicted octanol–water partition coefficient (Wildman–Crippen LogP) is 1.51. The summed E-state index contributed by atoms with van der Waals surface area (Å²) in [4.78, 5) is 111. The number of unbranched alkanes of at least 4 members (excludes halogenated alkanes) is 3. The first kappa shape index (κ1) is 54.1. The lowest BCUT2D eigenvalue weighted by atomic mass is 10.1. The number of nitrogens with two attached hydrogens (primary N) is 2. The number of esters is 1. The molecule has 5 N–H and O–H groups in total. The zero-order valence-electron chi connectivity index (χ0n) is 33.1. The van der Waals surface area contributed by atoms with E-state index in [0.29, 0.717) is 43.9 Å². The van der Waals surface area contributed by atoms with Crippen molar-refractivity contribution >= 4 is 59.5 Å². The molecule has 9 amide bonds. The maximum Gasteiger partial charge on any atom is 0.471 e. The summed E-state index contributed by atoms with van der Waals surface area (Å²) in [6, 6.07) is 0. The van der Waals surface area contributed by atoms with E-state index in [1.807, 2.05) is 27.7 Å². The summed E-state index contributed by atoms with van der Waals surface area (Å²) in [6.45, 7) is 8.88. The second kappa shape index (κ2) is 28.4. The first-order valence-electron chi connectivity index (χ1n) is 17.4. The molecule has 3 heterocycles. The molecule has 0 unspecified atom stereocenters. The summed E-state index contributed by atoms with van der Waals surface area (Å²) in [6.07, 6.45) is 3.43. The summed E-state index contributed by atoms with van der Waals surface area (Å²) < 4.78 is 53.2. The van der Waals surface area contributed by atoms with Gasteiger partial charge >= 0.3 is 30.2 Å². The third kappa shape index (κ3) is 24.5. The maximum absolute atomic E-state index is 11.8. The van der Waals surface area contributed by atoms with E-state index < -0.39 is 53.5 Å². The zero-order valence-corrected chi connectivity index (χ0v) is 33.1. The highest BCUT2D eigenvalue weighted by Crippen LogP contribution is 2.14. The average molecular weight is 837 g/mol. The Bertz CT molecular complexity index is 1480. The lowest BCUT2D eigenvalue weighted by molar-refractivity contribution is -0.173. The van der Waals surface area contributed by atoms with Crippen molar-refractivity contribution in [1.29, 1.82) is 0 Å². The molecule has 3 aliphatic rings. The van der Waals surface area contributed by atoms with Gasteiger partial charge < -0.3 is 35.7 Å². The zero-order chi connectivity index (χ0) is 45.1. The Morgan fingerprint density at radius 2 is 1.10 bits per heavy atom. The lowest BCUT2D eigenvalue weighted by Crippen LogP contribution is -2.37. The average Bonchev–Trinajstić information content (AvgIpc) is 3.77. The first-order valence-corrected chi connectivity index (χ1v) is 17.4. The van der Waals surface area contributed by atoms with Crippen LogP contribution in [0.5, 0.6) is 0 Å². The van der Waals surface area contributed by atoms with Gasteiger partial charge in [0.25, 0.3) is 35.4 Å². The van der Waals surface area contributed by atoms with Crippen molar-refractivity contribution in [2.75, 3.05) is 47.2 Å². The fraction of sp³-hybridized carbons (Fsp3) is 0.543. The molecular weight excluding hydrogens is 785 g/mol. The molecule has 0 atom stereocenters. The standard InChI is InChI=1S/C14H21NO4.C10H11F3N2O3.C6H5NO4.C3H9NO.C2H5NO2/c1-14(2,3)19-13(18)7-5-4-6-10-15-11(16)8-9-12(15)17;11-10(12,13)9(18)14-5-1-2-6-15-7(16)3-4-8(15)17;1-11-6(10)7-4(8)2-3-5(7)9;1-2-5-3-4;1-5-2(3)4/h8-9H,4-7,10H2,1-3H3;3-4H,1-2,5-6H2,(H,14,18);2-3H,1H3;2-4H2,1H3;1H3,(H2,3,4). The highest BCUT2D eigenvalue weighted by atomic mass is 19.4. The minimum absolute atomic E-state index is 0.132. The van der Waals surface area contributed by atoms with Crippen LogP contribution in [0.2, 0.25) is 0 Å². The fourth-order valence-corrected chi connectivity index (χ4v) is 3.90. The SMILES string of the molecule is CC(C)(C)OC(=O)CCCCCN1C(=O)C=CC1=O.CCOCN.COC(=O)N1C(=O)C=CC1=O.COC(N)=O.O=C1C=CC(=O)N1CCCCNC(=O)C(F)(F)F. The van der Waals surface area contributed by atoms with E-state index in [0.717, 1.165) is 49.3 Å². The number of methoxy groups -OCH3 is 2. The van der Waals surface area contributed by atoms with Gasteiger partial charge in [-0.15, -0.1) is 0 Å². The van der Waals surface area contributed by atoms with Crippen molar-refractivity contribution < 1.29 is 80.1 Å². The number of imide groups is 5. The number of carbonyl (C=O) groups excluding carboxylic acids is 10. The molecule has 0 radical (unpaired) electrons. The van der Waals surface area contributed by atoms with Crippen LogP contribution in [0.4, 0.5) is 22.8 Å². The van der Waals surface area contributed by atoms with Crippen LogP contribution in [0.1, 0.15) is 66.2 Å². The maximum atomic E-state index is 11.8. The summed E-state index contributed by atoms with van der Waals surface area (Å²) in [5.41, 5.74) is 8.90. The Kier molecular flexibility index (Phi) is 26.5. The number of halogens is 3. The Hall–Kier alpha value is -5.97. The van der Waals surface area contributed by atoms with Crippen LogP contribution in [0, 0.1) is 0 Å². The molecule has 326 valence electrons. The number of carbonyl (C=O) groups is 10. The minimum atomic E-state index is -4.88. The van der Waals surface area contributed by atoms with E-state index in [1.165, 1.54) is 24.2 Å². The number of primary amides is 1. The largest absolute Gasteiger partial charge is 0.471 e. The fourth-order valence-electron chi connectivity index (χ4n) is 3.90. The molecule has 0 saturated carbocycles. The molecule has 23 heteroatoms. The van der Waals surface area contributed by atoms with Crippen molar-refractivity contribution in [3.05, 3.63) is 36.5 Å². The molecule has 0 bridgehead atoms. The Labute approximate surface area is 332 Å². The molecular formula is C35H51F3N6O14. The number of hydrogen-bond donors (Lipinski definition) is 3. The molecule has 20 nitrogen and oxygen atoms in total. The van der Waals surface area contributed by atoms with E-state index in [2.05, 4.69) is 19.9 Å². The molecule has 0 saturated heterocycles. The molecule has 0 fully saturated rings. The van der Waals surface area contributed by atoms with Gasteiger partial charge in [0.2, 0.25) is 0 Å². The molecule has 0 spiro atoms. The number of alkyl halides is 3. The lowest BCUT2D eigenvalue weighted by Gasteiger charge is -2.19. The van der Waals surface area contributed by atoms with Gasteiger partial charge in [0.1, 0.15) is 5.60 Å². The van der Waals surface area contributed by atoms with Crippen molar-refractivity contribution in [2.45, 2.75) is 78.0 Å². The molecule has 0 aromatic heterocycles. The highest BCUT2D eigenvalue weighted by Gasteiger charge is 2.38. The number of nitrogens with zero attached hydrogens (tertiary/aromatic N) is 3. The Morgan fingerprint density at radius 1 is 0.690 bits per heavy atom. The van der Waals surface area contributed by atoms with Gasteiger partial charge in [-0.25, -0.2) is 9.59 Å². The summed E-state index contributed by atoms with van der Waals surface area (Å²) in [7, 11) is 2.32. The van der Waals surface area contributed by atoms with Crippen LogP contribution >= 0.6 is 0 Å². The van der Waals surface area contributed by atoms with E-state index in [1.54, 1.807) is 5.32 Å². The Morgan fingerprint density at radius 3 is 1.43 bits per heavy atom. The third-order valence-electron chi connectivity index (χ3n) is 6.52. The number of rotatable bonds is 13. The van der Waals surface area contributed by atoms with Gasteiger partial charge in [-0.1, -0.05) is 6.42 Å². The molecule has 0 aliphatic carbocycles. The van der Waals surface area contributed by atoms with Gasteiger partial charge in [-0.2, -0.15) is 18.1 Å². The monoisotopic (exact) mass is 836 g/mol. The van der Waals surface area contributed by atoms with Gasteiger partial charge in [0.05, 0.1) is 21.0 Å². The van der Waals surface area contributed by atoms with Crippen molar-refractivity contribution in [3.8, 4) is 0 Å². The smallest absolute Gasteiger partial charge is 0.460 e. The second-order valence-corrected chi connectivity index (χ2v) is 12.2. The van der Waals surface area contributed by atoms with E-state index in [9.17, 15) is 61.1 Å². The van der Waals surface area contributed by atoms with Gasteiger partial charge in [0, 0.05) is 69.1 Å². The molecule has 58 heavy (non-hydrogen) atoms. The van der Waals surface area contributed by atoms with E-state index in [-0.39, 0.29) is 37.3 Å². The van der Waals surface area contributed by atoms with Crippen LogP contribution in [0.25, 0.3) is 0 Å². The summed E-state index contributed by atoms with van der Waals surface area (Å²) in [5, 5.41) is 1.70. The van der Waals surface area contributed by atoms with Gasteiger partial charge in [-0.3, -0.25) is 48.2 Å². The van der Waals surface area contributed by atoms with Crippen LogP contribution < -0.4 is 16.8 Å². The Balaban J connectivity index is 0. The van der Waals surface area contributed by atoms with Gasteiger partial charge in [0.15, 0.2) is 0 Å². The van der Waals surface area contributed by atoms with E-state index in [4.69, 9.17) is 10.5 Å². The van der Waals surface area contributed by atoms with Crippen molar-refractivity contribution in [3.63, 3.8) is 0 Å². The second-order valence-electron chi connectivity index (χ2n) is 12.2. The van der Waals surface area contributed by atoms with Crippen LogP contribution in [0.3, 0.4) is 0 Å². The third-order valence-corrected chi connectivity index (χ3v) is 6.52. The van der Waals surface area contributed by atoms with Crippen LogP contribution in [-0.4, -0.2) is 133 Å². The summed E-state index contributed by atoms with van der Waals surface area (Å²) in [5.74, 6) is -4.89. The molecule has 3 rings (SSSR count). The molecule has 3 aliphatic heterocycles. The topological polar surface area (TPSA) is 281 Å². The van der Waals surface area contributed by atoms with Crippen molar-refractivity contribution in [1.82, 2.24) is 20.0 Å². The minimum Gasteiger partial charge on any atom is -0.460 e.